The number of aliphatic imine (C=N–C) groups is 1. The van der Waals surface area contributed by atoms with Crippen LogP contribution >= 0.6 is 23.5 Å². The number of nitrogens with zero attached hydrogens (tertiary/aromatic N) is 1. The van der Waals surface area contributed by atoms with Gasteiger partial charge in [0, 0.05) is 11.4 Å². The van der Waals surface area contributed by atoms with Crippen molar-refractivity contribution in [2.24, 2.45) is 4.99 Å². The lowest BCUT2D eigenvalue weighted by atomic mass is 10.2. The van der Waals surface area contributed by atoms with Gasteiger partial charge in [0.05, 0.1) is 10.6 Å². The molecule has 2 rings (SSSR count). The average molecular weight is 241 g/mol. The van der Waals surface area contributed by atoms with Crippen molar-refractivity contribution in [2.45, 2.75) is 31.1 Å². The first-order valence-electron chi connectivity index (χ1n) is 5.09. The fourth-order valence-corrected chi connectivity index (χ4v) is 2.41. The number of amidine groups is 1. The molecule has 4 heteroatoms. The van der Waals surface area contributed by atoms with E-state index in [-0.39, 0.29) is 0 Å². The molecule has 0 saturated heterocycles. The van der Waals surface area contributed by atoms with Gasteiger partial charge in [-0.25, -0.2) is 4.99 Å². The monoisotopic (exact) mass is 240 g/mol. The van der Waals surface area contributed by atoms with Crippen molar-refractivity contribution in [2.75, 3.05) is 0 Å². The summed E-state index contributed by atoms with van der Waals surface area (Å²) in [5.74, 6) is 1.07. The summed E-state index contributed by atoms with van der Waals surface area (Å²) in [5.41, 5.74) is 1.02. The predicted molar refractivity (Wildman–Crippen MR) is 67.1 cm³/mol. The second-order valence-corrected chi connectivity index (χ2v) is 4.76. The Kier molecular flexibility index (Phi) is 3.54. The first-order chi connectivity index (χ1) is 7.29. The Morgan fingerprint density at radius 3 is 3.13 bits per heavy atom. The van der Waals surface area contributed by atoms with Gasteiger partial charge in [-0.15, -0.1) is 0 Å². The molecule has 0 fully saturated rings. The highest BCUT2D eigenvalue weighted by molar-refractivity contribution is 7.98. The van der Waals surface area contributed by atoms with Gasteiger partial charge >= 0.3 is 0 Å². The van der Waals surface area contributed by atoms with E-state index in [2.05, 4.69) is 16.6 Å². The van der Waals surface area contributed by atoms with Crippen molar-refractivity contribution < 1.29 is 0 Å². The SMILES string of the molecule is CCCCC1=Nc2ccc(Cl)cc2SN1. The molecule has 1 aliphatic rings. The zero-order valence-electron chi connectivity index (χ0n) is 8.59. The van der Waals surface area contributed by atoms with Crippen LogP contribution in [0.4, 0.5) is 5.69 Å². The van der Waals surface area contributed by atoms with Crippen LogP contribution in [0.25, 0.3) is 0 Å². The molecule has 0 amide bonds. The van der Waals surface area contributed by atoms with Crippen LogP contribution in [0.3, 0.4) is 0 Å². The number of hydrogen-bond donors (Lipinski definition) is 1. The van der Waals surface area contributed by atoms with Crippen LogP contribution < -0.4 is 4.72 Å². The maximum absolute atomic E-state index is 5.91. The number of unbranched alkanes of at least 4 members (excludes halogenated alkanes) is 1. The molecule has 1 heterocycles. The number of rotatable bonds is 3. The smallest absolute Gasteiger partial charge is 0.112 e. The third-order valence-corrected chi connectivity index (χ3v) is 3.34. The maximum Gasteiger partial charge on any atom is 0.112 e. The van der Waals surface area contributed by atoms with Crippen LogP contribution in [0.1, 0.15) is 26.2 Å². The van der Waals surface area contributed by atoms with Crippen LogP contribution in [0.5, 0.6) is 0 Å². The summed E-state index contributed by atoms with van der Waals surface area (Å²) in [6.07, 6.45) is 3.39. The first-order valence-corrected chi connectivity index (χ1v) is 6.29. The normalized spacial score (nSPS) is 14.1. The average Bonchev–Trinajstić information content (AvgIpc) is 2.26. The minimum Gasteiger partial charge on any atom is -0.314 e. The molecule has 1 N–H and O–H groups in total. The summed E-state index contributed by atoms with van der Waals surface area (Å²) >= 11 is 7.50. The fraction of sp³-hybridized carbons (Fsp3) is 0.364. The summed E-state index contributed by atoms with van der Waals surface area (Å²) < 4.78 is 3.25. The van der Waals surface area contributed by atoms with E-state index in [4.69, 9.17) is 11.6 Å². The summed E-state index contributed by atoms with van der Waals surface area (Å²) in [6.45, 7) is 2.18. The van der Waals surface area contributed by atoms with Gasteiger partial charge in [-0.3, -0.25) is 0 Å². The van der Waals surface area contributed by atoms with Crippen LogP contribution in [-0.2, 0) is 0 Å². The molecule has 0 saturated carbocycles. The predicted octanol–water partition coefficient (Wildman–Crippen LogP) is 4.17. The second-order valence-electron chi connectivity index (χ2n) is 3.48. The van der Waals surface area contributed by atoms with Crippen LogP contribution in [-0.4, -0.2) is 5.84 Å². The molecule has 0 radical (unpaired) electrons. The number of nitrogens with one attached hydrogen (secondary N) is 1. The van der Waals surface area contributed by atoms with Crippen molar-refractivity contribution in [3.8, 4) is 0 Å². The Balaban J connectivity index is 2.18. The number of fused-ring (bicyclic) bond motifs is 1. The van der Waals surface area contributed by atoms with Gasteiger partial charge in [-0.1, -0.05) is 24.9 Å². The van der Waals surface area contributed by atoms with E-state index in [0.717, 1.165) is 27.9 Å². The lowest BCUT2D eigenvalue weighted by Gasteiger charge is -2.16. The van der Waals surface area contributed by atoms with Crippen LogP contribution in [0.15, 0.2) is 28.1 Å². The zero-order chi connectivity index (χ0) is 10.7. The fourth-order valence-electron chi connectivity index (χ4n) is 1.40. The number of benzene rings is 1. The molecule has 0 unspecified atom stereocenters. The number of hydrogen-bond acceptors (Lipinski definition) is 3. The maximum atomic E-state index is 5.91. The van der Waals surface area contributed by atoms with Crippen molar-refractivity contribution >= 4 is 35.1 Å². The van der Waals surface area contributed by atoms with Crippen molar-refractivity contribution in [3.63, 3.8) is 0 Å². The highest BCUT2D eigenvalue weighted by atomic mass is 35.5. The van der Waals surface area contributed by atoms with Crippen LogP contribution in [0, 0.1) is 0 Å². The Bertz CT molecular complexity index is 390. The lowest BCUT2D eigenvalue weighted by Crippen LogP contribution is -2.18. The van der Waals surface area contributed by atoms with E-state index in [0.29, 0.717) is 0 Å². The van der Waals surface area contributed by atoms with E-state index < -0.39 is 0 Å². The van der Waals surface area contributed by atoms with Gasteiger partial charge in [-0.05, 0) is 36.6 Å². The lowest BCUT2D eigenvalue weighted by molar-refractivity contribution is 0.827. The Morgan fingerprint density at radius 2 is 2.33 bits per heavy atom. The van der Waals surface area contributed by atoms with Crippen LogP contribution in [0.2, 0.25) is 5.02 Å². The van der Waals surface area contributed by atoms with Gasteiger partial charge in [0.25, 0.3) is 0 Å². The summed E-state index contributed by atoms with van der Waals surface area (Å²) in [4.78, 5) is 5.65. The standard InChI is InChI=1S/C11H13ClN2S/c1-2-3-4-11-13-9-6-5-8(12)7-10(9)15-14-11/h5-7H,2-4H2,1H3,(H,13,14). The molecule has 0 spiro atoms. The molecule has 0 bridgehead atoms. The van der Waals surface area contributed by atoms with Gasteiger partial charge < -0.3 is 4.72 Å². The molecule has 1 aliphatic heterocycles. The molecule has 80 valence electrons. The molecule has 15 heavy (non-hydrogen) atoms. The molecule has 0 aromatic heterocycles. The highest BCUT2D eigenvalue weighted by Crippen LogP contribution is 2.33. The minimum atomic E-state index is 0.759. The molecular weight excluding hydrogens is 228 g/mol. The van der Waals surface area contributed by atoms with E-state index in [1.165, 1.54) is 12.8 Å². The molecular formula is C11H13ClN2S. The Labute approximate surface area is 99.3 Å². The molecule has 1 aromatic rings. The van der Waals surface area contributed by atoms with Crippen molar-refractivity contribution in [1.82, 2.24) is 4.72 Å². The third-order valence-electron chi connectivity index (χ3n) is 2.22. The first kappa shape index (κ1) is 10.8. The number of halogens is 1. The topological polar surface area (TPSA) is 24.4 Å². The van der Waals surface area contributed by atoms with E-state index >= 15 is 0 Å². The Hall–Kier alpha value is -0.670. The molecule has 1 aromatic carbocycles. The Morgan fingerprint density at radius 1 is 1.47 bits per heavy atom. The van der Waals surface area contributed by atoms with E-state index in [1.54, 1.807) is 11.9 Å². The largest absolute Gasteiger partial charge is 0.314 e. The van der Waals surface area contributed by atoms with Gasteiger partial charge in [0.15, 0.2) is 0 Å². The molecule has 2 nitrogen and oxygen atoms in total. The molecule has 0 aliphatic carbocycles. The second kappa shape index (κ2) is 4.90. The zero-order valence-corrected chi connectivity index (χ0v) is 10.2. The molecule has 0 atom stereocenters. The van der Waals surface area contributed by atoms with E-state index in [1.807, 2.05) is 18.2 Å². The summed E-state index contributed by atoms with van der Waals surface area (Å²) in [6, 6.07) is 5.79. The van der Waals surface area contributed by atoms with Gasteiger partial charge in [0.1, 0.15) is 5.84 Å². The highest BCUT2D eigenvalue weighted by Gasteiger charge is 2.11. The van der Waals surface area contributed by atoms with E-state index in [9.17, 15) is 0 Å². The summed E-state index contributed by atoms with van der Waals surface area (Å²) in [5, 5.41) is 0.759. The summed E-state index contributed by atoms with van der Waals surface area (Å²) in [7, 11) is 0. The quantitative estimate of drug-likeness (QED) is 0.802. The van der Waals surface area contributed by atoms with Gasteiger partial charge in [-0.2, -0.15) is 0 Å². The van der Waals surface area contributed by atoms with Crippen molar-refractivity contribution in [3.05, 3.63) is 23.2 Å². The third kappa shape index (κ3) is 2.67. The minimum absolute atomic E-state index is 0.759. The van der Waals surface area contributed by atoms with Gasteiger partial charge in [0.2, 0.25) is 0 Å². The van der Waals surface area contributed by atoms with Crippen molar-refractivity contribution in [1.29, 1.82) is 0 Å².